The van der Waals surface area contributed by atoms with Gasteiger partial charge in [-0.15, -0.1) is 0 Å². The van der Waals surface area contributed by atoms with E-state index in [0.29, 0.717) is 25.7 Å². The van der Waals surface area contributed by atoms with Crippen LogP contribution in [0.4, 0.5) is 0 Å². The zero-order valence-electron chi connectivity index (χ0n) is 13.3. The van der Waals surface area contributed by atoms with E-state index in [0.717, 1.165) is 45.6 Å². The van der Waals surface area contributed by atoms with Crippen molar-refractivity contribution in [2.75, 3.05) is 60.0 Å². The Balaban J connectivity index is 1.70. The Morgan fingerprint density at radius 1 is 1.33 bits per heavy atom. The zero-order chi connectivity index (χ0) is 15.2. The summed E-state index contributed by atoms with van der Waals surface area (Å²) in [6, 6.07) is 0.411. The Bertz CT molecular complexity index is 332. The van der Waals surface area contributed by atoms with Crippen molar-refractivity contribution in [2.24, 2.45) is 0 Å². The normalized spacial score (nSPS) is 27.5. The summed E-state index contributed by atoms with van der Waals surface area (Å²) in [7, 11) is 4.12. The molecule has 2 heterocycles. The molecule has 0 radical (unpaired) electrons. The number of morpholine rings is 1. The third-order valence-electron chi connectivity index (χ3n) is 4.28. The Morgan fingerprint density at radius 2 is 2.05 bits per heavy atom. The molecule has 0 aromatic heterocycles. The summed E-state index contributed by atoms with van der Waals surface area (Å²) in [5.41, 5.74) is 0. The summed E-state index contributed by atoms with van der Waals surface area (Å²) in [5.74, 6) is 0.238. The van der Waals surface area contributed by atoms with Crippen molar-refractivity contribution in [3.8, 4) is 0 Å². The number of hydrogen-bond donors (Lipinski definition) is 1. The molecule has 2 atom stereocenters. The number of hydrogen-bond acceptors (Lipinski definition) is 5. The van der Waals surface area contributed by atoms with Crippen molar-refractivity contribution in [2.45, 2.75) is 31.4 Å². The SMILES string of the molecule is CN(C)CC1CC(O)CN1CCCC(=O)N1CCOCC1. The van der Waals surface area contributed by atoms with Crippen molar-refractivity contribution in [1.82, 2.24) is 14.7 Å². The van der Waals surface area contributed by atoms with Gasteiger partial charge in [-0.3, -0.25) is 9.69 Å². The topological polar surface area (TPSA) is 56.2 Å². The summed E-state index contributed by atoms with van der Waals surface area (Å²) in [5, 5.41) is 9.85. The molecular formula is C15H29N3O3. The highest BCUT2D eigenvalue weighted by Gasteiger charge is 2.30. The van der Waals surface area contributed by atoms with Crippen LogP contribution in [0.5, 0.6) is 0 Å². The summed E-state index contributed by atoms with van der Waals surface area (Å²) in [6.45, 7) is 5.38. The van der Waals surface area contributed by atoms with E-state index in [-0.39, 0.29) is 12.0 Å². The molecule has 2 rings (SSSR count). The van der Waals surface area contributed by atoms with Gasteiger partial charge in [-0.25, -0.2) is 0 Å². The number of aliphatic hydroxyl groups excluding tert-OH is 1. The molecule has 1 amide bonds. The molecule has 0 aromatic carbocycles. The highest BCUT2D eigenvalue weighted by atomic mass is 16.5. The van der Waals surface area contributed by atoms with E-state index < -0.39 is 0 Å². The molecule has 0 aromatic rings. The van der Waals surface area contributed by atoms with Crippen molar-refractivity contribution in [3.63, 3.8) is 0 Å². The van der Waals surface area contributed by atoms with Crippen LogP contribution in [0.3, 0.4) is 0 Å². The number of nitrogens with zero attached hydrogens (tertiary/aromatic N) is 3. The van der Waals surface area contributed by atoms with Crippen molar-refractivity contribution in [3.05, 3.63) is 0 Å². The highest BCUT2D eigenvalue weighted by Crippen LogP contribution is 2.19. The first kappa shape index (κ1) is 16.7. The average Bonchev–Trinajstić information content (AvgIpc) is 2.79. The lowest BCUT2D eigenvalue weighted by atomic mass is 10.2. The van der Waals surface area contributed by atoms with E-state index in [1.165, 1.54) is 0 Å². The monoisotopic (exact) mass is 299 g/mol. The van der Waals surface area contributed by atoms with Gasteiger partial charge >= 0.3 is 0 Å². The molecule has 1 N–H and O–H groups in total. The molecule has 6 nitrogen and oxygen atoms in total. The van der Waals surface area contributed by atoms with E-state index in [1.807, 2.05) is 4.90 Å². The van der Waals surface area contributed by atoms with Gasteiger partial charge in [-0.2, -0.15) is 0 Å². The zero-order valence-corrected chi connectivity index (χ0v) is 13.3. The molecule has 0 saturated carbocycles. The Hall–Kier alpha value is -0.690. The number of ether oxygens (including phenoxy) is 1. The number of amides is 1. The van der Waals surface area contributed by atoms with Gasteiger partial charge < -0.3 is 19.6 Å². The molecule has 122 valence electrons. The molecule has 2 saturated heterocycles. The first-order valence-corrected chi connectivity index (χ1v) is 7.98. The van der Waals surface area contributed by atoms with Crippen LogP contribution in [0, 0.1) is 0 Å². The molecule has 0 spiro atoms. The fourth-order valence-electron chi connectivity index (χ4n) is 3.25. The maximum Gasteiger partial charge on any atom is 0.222 e. The molecule has 0 aliphatic carbocycles. The average molecular weight is 299 g/mol. The number of aliphatic hydroxyl groups is 1. The summed E-state index contributed by atoms with van der Waals surface area (Å²) < 4.78 is 5.26. The van der Waals surface area contributed by atoms with Gasteiger partial charge in [0.2, 0.25) is 5.91 Å². The van der Waals surface area contributed by atoms with Crippen LogP contribution in [-0.2, 0) is 9.53 Å². The molecule has 0 bridgehead atoms. The second-order valence-corrected chi connectivity index (χ2v) is 6.40. The van der Waals surface area contributed by atoms with Crippen LogP contribution < -0.4 is 0 Å². The smallest absolute Gasteiger partial charge is 0.222 e. The van der Waals surface area contributed by atoms with Gasteiger partial charge in [0, 0.05) is 38.6 Å². The number of likely N-dealkylation sites (N-methyl/N-ethyl adjacent to an activating group) is 1. The number of likely N-dealkylation sites (tertiary alicyclic amines) is 1. The van der Waals surface area contributed by atoms with E-state index in [1.54, 1.807) is 0 Å². The molecular weight excluding hydrogens is 270 g/mol. The van der Waals surface area contributed by atoms with Gasteiger partial charge in [-0.1, -0.05) is 0 Å². The summed E-state index contributed by atoms with van der Waals surface area (Å²) in [6.07, 6.45) is 2.09. The first-order chi connectivity index (χ1) is 10.1. The minimum Gasteiger partial charge on any atom is -0.392 e. The minimum absolute atomic E-state index is 0.218. The summed E-state index contributed by atoms with van der Waals surface area (Å²) in [4.78, 5) is 18.5. The molecule has 2 aliphatic rings. The second kappa shape index (κ2) is 8.08. The van der Waals surface area contributed by atoms with Gasteiger partial charge in [0.15, 0.2) is 0 Å². The van der Waals surface area contributed by atoms with E-state index >= 15 is 0 Å². The molecule has 21 heavy (non-hydrogen) atoms. The molecule has 2 aliphatic heterocycles. The fourth-order valence-corrected chi connectivity index (χ4v) is 3.25. The number of rotatable bonds is 6. The maximum absolute atomic E-state index is 12.1. The molecule has 2 fully saturated rings. The minimum atomic E-state index is -0.218. The lowest BCUT2D eigenvalue weighted by Crippen LogP contribution is -2.41. The van der Waals surface area contributed by atoms with Crippen LogP contribution in [0.15, 0.2) is 0 Å². The predicted octanol–water partition coefficient (Wildman–Crippen LogP) is -0.378. The first-order valence-electron chi connectivity index (χ1n) is 7.98. The summed E-state index contributed by atoms with van der Waals surface area (Å²) >= 11 is 0. The fraction of sp³-hybridized carbons (Fsp3) is 0.933. The van der Waals surface area contributed by atoms with Crippen LogP contribution in [0.25, 0.3) is 0 Å². The van der Waals surface area contributed by atoms with Crippen molar-refractivity contribution in [1.29, 1.82) is 0 Å². The van der Waals surface area contributed by atoms with Gasteiger partial charge in [0.1, 0.15) is 0 Å². The number of carbonyl (C=O) groups excluding carboxylic acids is 1. The third kappa shape index (κ3) is 5.21. The standard InChI is InChI=1S/C15H29N3O3/c1-16(2)11-13-10-14(19)12-18(13)5-3-4-15(20)17-6-8-21-9-7-17/h13-14,19H,3-12H2,1-2H3. The van der Waals surface area contributed by atoms with Crippen LogP contribution in [0.1, 0.15) is 19.3 Å². The Labute approximate surface area is 127 Å². The highest BCUT2D eigenvalue weighted by molar-refractivity contribution is 5.76. The van der Waals surface area contributed by atoms with Gasteiger partial charge in [0.05, 0.1) is 19.3 Å². The van der Waals surface area contributed by atoms with Gasteiger partial charge in [-0.05, 0) is 33.5 Å². The van der Waals surface area contributed by atoms with Gasteiger partial charge in [0.25, 0.3) is 0 Å². The third-order valence-corrected chi connectivity index (χ3v) is 4.28. The molecule has 6 heteroatoms. The van der Waals surface area contributed by atoms with Crippen LogP contribution in [0.2, 0.25) is 0 Å². The molecule has 2 unspecified atom stereocenters. The Kier molecular flexibility index (Phi) is 6.41. The number of carbonyl (C=O) groups is 1. The second-order valence-electron chi connectivity index (χ2n) is 6.40. The predicted molar refractivity (Wildman–Crippen MR) is 81.2 cm³/mol. The lowest BCUT2D eigenvalue weighted by molar-refractivity contribution is -0.135. The van der Waals surface area contributed by atoms with E-state index in [9.17, 15) is 9.90 Å². The van der Waals surface area contributed by atoms with Crippen LogP contribution in [-0.4, -0.2) is 97.9 Å². The lowest BCUT2D eigenvalue weighted by Gasteiger charge is -2.28. The van der Waals surface area contributed by atoms with E-state index in [2.05, 4.69) is 23.9 Å². The quantitative estimate of drug-likeness (QED) is 0.725. The number of β-amino-alcohol motifs (C(OH)–C–C–N with tert-alkyl or cyclic N) is 1. The largest absolute Gasteiger partial charge is 0.392 e. The maximum atomic E-state index is 12.1. The Morgan fingerprint density at radius 3 is 2.71 bits per heavy atom. The van der Waals surface area contributed by atoms with E-state index in [4.69, 9.17) is 4.74 Å². The van der Waals surface area contributed by atoms with Crippen molar-refractivity contribution < 1.29 is 14.6 Å². The van der Waals surface area contributed by atoms with Crippen LogP contribution >= 0.6 is 0 Å². The van der Waals surface area contributed by atoms with Crippen molar-refractivity contribution >= 4 is 5.91 Å².